The first-order chi connectivity index (χ1) is 27.3. The SMILES string of the molecule is CN(C)c1cccc2c(S(=O)(=O)NCCCC[C@](NS(=O)(=O)c3cccc4c(N(C)C)cccc34)(C(=O)O)S(=O)(=O)c3cccc4c(N(C)C)cccc34)cccc12. The van der Waals surface area contributed by atoms with Gasteiger partial charge in [0.15, 0.2) is 0 Å². The number of hydrogen-bond acceptors (Lipinski definition) is 10. The summed E-state index contributed by atoms with van der Waals surface area (Å²) >= 11 is 0. The summed E-state index contributed by atoms with van der Waals surface area (Å²) in [5.74, 6) is -1.93. The summed E-state index contributed by atoms with van der Waals surface area (Å²) in [5.41, 5.74) is 2.19. The molecule has 0 saturated heterocycles. The summed E-state index contributed by atoms with van der Waals surface area (Å²) in [6.07, 6.45) is -0.964. The van der Waals surface area contributed by atoms with Crippen LogP contribution in [0, 0.1) is 0 Å². The van der Waals surface area contributed by atoms with E-state index < -0.39 is 47.1 Å². The van der Waals surface area contributed by atoms with Crippen molar-refractivity contribution in [2.24, 2.45) is 0 Å². The highest BCUT2D eigenvalue weighted by Gasteiger charge is 2.55. The van der Waals surface area contributed by atoms with E-state index in [1.165, 1.54) is 30.3 Å². The smallest absolute Gasteiger partial charge is 0.341 e. The Morgan fingerprint density at radius 2 is 0.879 bits per heavy atom. The Balaban J connectivity index is 1.40. The quantitative estimate of drug-likeness (QED) is 0.0972. The molecule has 13 nitrogen and oxygen atoms in total. The number of rotatable bonds is 16. The van der Waals surface area contributed by atoms with Gasteiger partial charge in [-0.1, -0.05) is 72.8 Å². The van der Waals surface area contributed by atoms with Crippen LogP contribution in [-0.2, 0) is 34.7 Å². The van der Waals surface area contributed by atoms with E-state index in [-0.39, 0.29) is 44.8 Å². The Morgan fingerprint density at radius 1 is 0.517 bits per heavy atom. The zero-order chi connectivity index (χ0) is 42.2. The van der Waals surface area contributed by atoms with Gasteiger partial charge in [0.1, 0.15) is 0 Å². The first-order valence-corrected chi connectivity index (χ1v) is 22.9. The van der Waals surface area contributed by atoms with Crippen LogP contribution < -0.4 is 24.1 Å². The Bertz CT molecular complexity index is 2880. The van der Waals surface area contributed by atoms with Gasteiger partial charge < -0.3 is 19.8 Å². The molecule has 0 radical (unpaired) electrons. The molecule has 0 aliphatic rings. The number of carboxylic acids is 1. The number of nitrogens with zero attached hydrogens (tertiary/aromatic N) is 3. The van der Waals surface area contributed by atoms with Crippen molar-refractivity contribution >= 4 is 85.2 Å². The number of carbonyl (C=O) groups is 1. The number of hydrogen-bond donors (Lipinski definition) is 3. The van der Waals surface area contributed by atoms with E-state index in [1.807, 2.05) is 31.1 Å². The van der Waals surface area contributed by atoms with Gasteiger partial charge in [0.2, 0.25) is 34.8 Å². The van der Waals surface area contributed by atoms with Crippen molar-refractivity contribution in [3.8, 4) is 0 Å². The minimum absolute atomic E-state index is 0.0278. The van der Waals surface area contributed by atoms with E-state index >= 15 is 8.42 Å². The molecule has 6 aromatic rings. The number of unbranched alkanes of at least 4 members (excludes halogenated alkanes) is 1. The third-order valence-electron chi connectivity index (χ3n) is 10.2. The predicted molar refractivity (Wildman–Crippen MR) is 232 cm³/mol. The topological polar surface area (TPSA) is 174 Å². The molecule has 3 N–H and O–H groups in total. The molecule has 0 aliphatic heterocycles. The first kappa shape index (κ1) is 42.3. The maximum Gasteiger partial charge on any atom is 0.341 e. The van der Waals surface area contributed by atoms with E-state index in [0.29, 0.717) is 27.5 Å². The number of nitrogens with one attached hydrogen (secondary N) is 2. The van der Waals surface area contributed by atoms with Crippen LogP contribution in [0.3, 0.4) is 0 Å². The molecule has 1 atom stereocenters. The summed E-state index contributed by atoms with van der Waals surface area (Å²) in [5, 5.41) is 13.8. The second kappa shape index (κ2) is 16.2. The largest absolute Gasteiger partial charge is 0.479 e. The van der Waals surface area contributed by atoms with Gasteiger partial charge >= 0.3 is 5.97 Å². The van der Waals surface area contributed by atoms with Gasteiger partial charge in [-0.05, 0) is 55.7 Å². The molecule has 0 amide bonds. The number of benzene rings is 6. The minimum atomic E-state index is -5.10. The van der Waals surface area contributed by atoms with Gasteiger partial charge in [0.05, 0.1) is 14.7 Å². The molecule has 0 heterocycles. The lowest BCUT2D eigenvalue weighted by Gasteiger charge is -2.31. The molecular weight excluding hydrogens is 799 g/mol. The average Bonchev–Trinajstić information content (AvgIpc) is 3.18. The van der Waals surface area contributed by atoms with Crippen LogP contribution >= 0.6 is 0 Å². The van der Waals surface area contributed by atoms with E-state index in [9.17, 15) is 26.7 Å². The minimum Gasteiger partial charge on any atom is -0.479 e. The maximum atomic E-state index is 15.1. The fraction of sp³-hybridized carbons (Fsp3) is 0.262. The van der Waals surface area contributed by atoms with Crippen LogP contribution in [0.15, 0.2) is 124 Å². The number of sulfonamides is 2. The van der Waals surface area contributed by atoms with E-state index in [2.05, 4.69) is 9.44 Å². The molecule has 0 unspecified atom stereocenters. The van der Waals surface area contributed by atoms with Crippen molar-refractivity contribution in [1.82, 2.24) is 9.44 Å². The first-order valence-electron chi connectivity index (χ1n) is 18.4. The Morgan fingerprint density at radius 3 is 1.29 bits per heavy atom. The number of anilines is 3. The van der Waals surface area contributed by atoms with Crippen molar-refractivity contribution in [2.75, 3.05) is 63.5 Å². The van der Waals surface area contributed by atoms with Crippen molar-refractivity contribution in [3.63, 3.8) is 0 Å². The molecule has 0 spiro atoms. The second-order valence-electron chi connectivity index (χ2n) is 14.7. The Hall–Kier alpha value is -5.26. The summed E-state index contributed by atoms with van der Waals surface area (Å²) in [6.45, 7) is -0.189. The van der Waals surface area contributed by atoms with Crippen molar-refractivity contribution in [1.29, 1.82) is 0 Å². The van der Waals surface area contributed by atoms with Gasteiger partial charge in [-0.3, -0.25) is 0 Å². The molecule has 0 aliphatic carbocycles. The van der Waals surface area contributed by atoms with Crippen LogP contribution in [0.1, 0.15) is 19.3 Å². The maximum absolute atomic E-state index is 15.1. The molecule has 0 saturated carbocycles. The molecule has 0 aromatic heterocycles. The van der Waals surface area contributed by atoms with E-state index in [1.54, 1.807) is 105 Å². The highest BCUT2D eigenvalue weighted by atomic mass is 32.2. The van der Waals surface area contributed by atoms with Gasteiger partial charge in [-0.25, -0.2) is 34.8 Å². The zero-order valence-corrected chi connectivity index (χ0v) is 35.5. The van der Waals surface area contributed by atoms with E-state index in [0.717, 1.165) is 11.1 Å². The van der Waals surface area contributed by atoms with Crippen LogP contribution in [0.25, 0.3) is 32.3 Å². The number of aliphatic carboxylic acids is 1. The zero-order valence-electron chi connectivity index (χ0n) is 33.1. The summed E-state index contributed by atoms with van der Waals surface area (Å²) in [7, 11) is -3.19. The van der Waals surface area contributed by atoms with Gasteiger partial charge in [-0.15, -0.1) is 0 Å². The Labute approximate surface area is 339 Å². The normalized spacial score (nSPS) is 13.4. The van der Waals surface area contributed by atoms with Crippen molar-refractivity contribution < 1.29 is 35.2 Å². The van der Waals surface area contributed by atoms with E-state index in [4.69, 9.17) is 0 Å². The summed E-state index contributed by atoms with van der Waals surface area (Å²) in [4.78, 5) is 15.4. The van der Waals surface area contributed by atoms with Crippen LogP contribution in [0.4, 0.5) is 17.1 Å². The molecule has 6 aromatic carbocycles. The lowest BCUT2D eigenvalue weighted by atomic mass is 10.1. The van der Waals surface area contributed by atoms with Crippen molar-refractivity contribution in [3.05, 3.63) is 109 Å². The van der Waals surface area contributed by atoms with Gasteiger partial charge in [0, 0.05) is 98.2 Å². The predicted octanol–water partition coefficient (Wildman–Crippen LogP) is 6.03. The molecule has 16 heteroatoms. The molecule has 58 heavy (non-hydrogen) atoms. The van der Waals surface area contributed by atoms with Crippen LogP contribution in [-0.4, -0.2) is 90.0 Å². The standard InChI is InChI=1S/C42H47N5O8S3/c1-45(2)35-21-9-18-32-29(35)15-12-24-38(32)56(50,51)42(41(48)49,44-58(54,55)40-26-14-17-31-34(40)20-11-23-37(31)47(5)6)27-7-8-28-43-57(52,53)39-25-13-16-30-33(39)19-10-22-36(30)46(3)4/h9-26,43-44H,7-8,27-28H2,1-6H3,(H,48,49)/t42-/m1/s1. The highest BCUT2D eigenvalue weighted by Crippen LogP contribution is 2.39. The Kier molecular flexibility index (Phi) is 11.8. The lowest BCUT2D eigenvalue weighted by molar-refractivity contribution is -0.140. The fourth-order valence-electron chi connectivity index (χ4n) is 7.42. The number of carboxylic acid groups (broad SMARTS) is 1. The monoisotopic (exact) mass is 845 g/mol. The fourth-order valence-corrected chi connectivity index (χ4v) is 12.7. The third kappa shape index (κ3) is 7.69. The van der Waals surface area contributed by atoms with Crippen molar-refractivity contribution in [2.45, 2.75) is 38.8 Å². The third-order valence-corrected chi connectivity index (χ3v) is 15.8. The summed E-state index contributed by atoms with van der Waals surface area (Å²) in [6, 6.07) is 29.3. The van der Waals surface area contributed by atoms with Gasteiger partial charge in [0.25, 0.3) is 0 Å². The average molecular weight is 846 g/mol. The lowest BCUT2D eigenvalue weighted by Crippen LogP contribution is -2.59. The second-order valence-corrected chi connectivity index (χ2v) is 20.2. The molecular formula is C42H47N5O8S3. The molecule has 0 fully saturated rings. The number of fused-ring (bicyclic) bond motifs is 3. The summed E-state index contributed by atoms with van der Waals surface area (Å²) < 4.78 is 91.2. The highest BCUT2D eigenvalue weighted by molar-refractivity contribution is 7.96. The van der Waals surface area contributed by atoms with Gasteiger partial charge in [-0.2, -0.15) is 4.72 Å². The van der Waals surface area contributed by atoms with Crippen LogP contribution in [0.5, 0.6) is 0 Å². The number of sulfone groups is 1. The molecule has 0 bridgehead atoms. The molecule has 6 rings (SSSR count). The van der Waals surface area contributed by atoms with Crippen LogP contribution in [0.2, 0.25) is 0 Å². The molecule has 306 valence electrons.